The second-order valence-corrected chi connectivity index (χ2v) is 3.09. The number of nitrogen functional groups attached to an aromatic ring is 1. The summed E-state index contributed by atoms with van der Waals surface area (Å²) in [6.07, 6.45) is 0. The summed E-state index contributed by atoms with van der Waals surface area (Å²) < 4.78 is 1.84. The largest absolute Gasteiger partial charge is 0.383 e. The van der Waals surface area contributed by atoms with Crippen LogP contribution in [0.3, 0.4) is 0 Å². The SMILES string of the molecule is Cc1nc2cc(C#N)c(N)nc2n1C. The average Bonchev–Trinajstić information content (AvgIpc) is 2.43. The van der Waals surface area contributed by atoms with Crippen molar-refractivity contribution in [2.24, 2.45) is 7.05 Å². The maximum atomic E-state index is 8.75. The van der Waals surface area contributed by atoms with Gasteiger partial charge in [0.05, 0.1) is 5.56 Å². The molecule has 0 atom stereocenters. The molecule has 0 radical (unpaired) electrons. The van der Waals surface area contributed by atoms with E-state index in [0.29, 0.717) is 16.7 Å². The zero-order chi connectivity index (χ0) is 10.3. The fraction of sp³-hybridized carbons (Fsp3) is 0.222. The lowest BCUT2D eigenvalue weighted by atomic mass is 10.2. The number of anilines is 1. The predicted molar refractivity (Wildman–Crippen MR) is 52.4 cm³/mol. The molecule has 2 heterocycles. The van der Waals surface area contributed by atoms with Crippen LogP contribution in [0, 0.1) is 18.3 Å². The van der Waals surface area contributed by atoms with Crippen LogP contribution in [0.2, 0.25) is 0 Å². The van der Waals surface area contributed by atoms with Crippen LogP contribution in [-0.2, 0) is 7.05 Å². The summed E-state index contributed by atoms with van der Waals surface area (Å²) in [7, 11) is 1.86. The molecular formula is C9H9N5. The van der Waals surface area contributed by atoms with Crippen LogP contribution in [0.1, 0.15) is 11.4 Å². The van der Waals surface area contributed by atoms with Gasteiger partial charge in [-0.1, -0.05) is 0 Å². The van der Waals surface area contributed by atoms with Crippen molar-refractivity contribution in [1.29, 1.82) is 5.26 Å². The number of aryl methyl sites for hydroxylation is 2. The Labute approximate surface area is 80.8 Å². The quantitative estimate of drug-likeness (QED) is 0.659. The van der Waals surface area contributed by atoms with Crippen LogP contribution in [-0.4, -0.2) is 14.5 Å². The molecule has 2 aromatic rings. The number of pyridine rings is 1. The van der Waals surface area contributed by atoms with Gasteiger partial charge in [-0.25, -0.2) is 9.97 Å². The van der Waals surface area contributed by atoms with Gasteiger partial charge in [0.15, 0.2) is 5.65 Å². The molecule has 70 valence electrons. The Morgan fingerprint density at radius 3 is 2.86 bits per heavy atom. The third-order valence-electron chi connectivity index (χ3n) is 2.22. The molecule has 0 saturated carbocycles. The zero-order valence-electron chi connectivity index (χ0n) is 7.94. The summed E-state index contributed by atoms with van der Waals surface area (Å²) in [5.41, 5.74) is 7.38. The van der Waals surface area contributed by atoms with Crippen molar-refractivity contribution in [3.8, 4) is 6.07 Å². The van der Waals surface area contributed by atoms with Crippen molar-refractivity contribution in [2.45, 2.75) is 6.92 Å². The van der Waals surface area contributed by atoms with Crippen molar-refractivity contribution in [2.75, 3.05) is 5.73 Å². The molecule has 0 amide bonds. The first-order valence-corrected chi connectivity index (χ1v) is 4.13. The van der Waals surface area contributed by atoms with E-state index in [0.717, 1.165) is 5.82 Å². The first-order chi connectivity index (χ1) is 6.63. The Hall–Kier alpha value is -2.09. The zero-order valence-corrected chi connectivity index (χ0v) is 7.94. The van der Waals surface area contributed by atoms with Gasteiger partial charge in [-0.2, -0.15) is 5.26 Å². The number of nitrogens with two attached hydrogens (primary N) is 1. The van der Waals surface area contributed by atoms with E-state index in [1.165, 1.54) is 0 Å². The Balaban J connectivity index is 2.88. The van der Waals surface area contributed by atoms with E-state index in [9.17, 15) is 0 Å². The maximum absolute atomic E-state index is 8.75. The molecule has 5 nitrogen and oxygen atoms in total. The number of rotatable bonds is 0. The highest BCUT2D eigenvalue weighted by Crippen LogP contribution is 2.17. The van der Waals surface area contributed by atoms with Gasteiger partial charge >= 0.3 is 0 Å². The summed E-state index contributed by atoms with van der Waals surface area (Å²) in [6.45, 7) is 1.88. The van der Waals surface area contributed by atoms with Crippen LogP contribution in [0.25, 0.3) is 11.2 Å². The molecule has 5 heteroatoms. The van der Waals surface area contributed by atoms with Crippen LogP contribution < -0.4 is 5.73 Å². The highest BCUT2D eigenvalue weighted by atomic mass is 15.1. The second-order valence-electron chi connectivity index (χ2n) is 3.09. The molecule has 0 aromatic carbocycles. The van der Waals surface area contributed by atoms with E-state index < -0.39 is 0 Å². The Morgan fingerprint density at radius 1 is 1.50 bits per heavy atom. The van der Waals surface area contributed by atoms with Crippen LogP contribution in [0.4, 0.5) is 5.82 Å². The van der Waals surface area contributed by atoms with E-state index in [2.05, 4.69) is 9.97 Å². The number of fused-ring (bicyclic) bond motifs is 1. The molecule has 2 N–H and O–H groups in total. The third-order valence-corrected chi connectivity index (χ3v) is 2.22. The lowest BCUT2D eigenvalue weighted by molar-refractivity contribution is 0.874. The highest BCUT2D eigenvalue weighted by molar-refractivity contribution is 5.76. The lowest BCUT2D eigenvalue weighted by Gasteiger charge is -1.98. The van der Waals surface area contributed by atoms with Gasteiger partial charge in [0.1, 0.15) is 23.2 Å². The lowest BCUT2D eigenvalue weighted by Crippen LogP contribution is -1.98. The minimum Gasteiger partial charge on any atom is -0.383 e. The van der Waals surface area contributed by atoms with Gasteiger partial charge in [0.25, 0.3) is 0 Å². The molecule has 0 aliphatic carbocycles. The van der Waals surface area contributed by atoms with Gasteiger partial charge in [-0.05, 0) is 13.0 Å². The molecule has 2 aromatic heterocycles. The predicted octanol–water partition coefficient (Wildman–Crippen LogP) is 0.731. The number of nitriles is 1. The molecule has 0 bridgehead atoms. The Morgan fingerprint density at radius 2 is 2.21 bits per heavy atom. The Bertz CT molecular complexity index is 546. The van der Waals surface area contributed by atoms with E-state index in [1.807, 2.05) is 24.6 Å². The number of hydrogen-bond acceptors (Lipinski definition) is 4. The van der Waals surface area contributed by atoms with E-state index >= 15 is 0 Å². The second kappa shape index (κ2) is 2.70. The van der Waals surface area contributed by atoms with Crippen molar-refractivity contribution in [1.82, 2.24) is 14.5 Å². The summed E-state index contributed by atoms with van der Waals surface area (Å²) >= 11 is 0. The van der Waals surface area contributed by atoms with Gasteiger partial charge in [0.2, 0.25) is 0 Å². The fourth-order valence-corrected chi connectivity index (χ4v) is 1.33. The molecule has 0 spiro atoms. The minimum atomic E-state index is 0.253. The molecule has 0 unspecified atom stereocenters. The molecule has 14 heavy (non-hydrogen) atoms. The van der Waals surface area contributed by atoms with Gasteiger partial charge in [-0.15, -0.1) is 0 Å². The fourth-order valence-electron chi connectivity index (χ4n) is 1.33. The van der Waals surface area contributed by atoms with Crippen molar-refractivity contribution < 1.29 is 0 Å². The average molecular weight is 187 g/mol. The van der Waals surface area contributed by atoms with Gasteiger partial charge < -0.3 is 10.3 Å². The van der Waals surface area contributed by atoms with Crippen LogP contribution >= 0.6 is 0 Å². The summed E-state index contributed by atoms with van der Waals surface area (Å²) in [4.78, 5) is 8.38. The summed E-state index contributed by atoms with van der Waals surface area (Å²) in [5.74, 6) is 1.10. The van der Waals surface area contributed by atoms with Crippen molar-refractivity contribution in [3.63, 3.8) is 0 Å². The Kier molecular flexibility index (Phi) is 1.64. The summed E-state index contributed by atoms with van der Waals surface area (Å²) in [6, 6.07) is 3.64. The van der Waals surface area contributed by atoms with E-state index in [-0.39, 0.29) is 5.82 Å². The van der Waals surface area contributed by atoms with E-state index in [4.69, 9.17) is 11.0 Å². The molecule has 2 rings (SSSR count). The van der Waals surface area contributed by atoms with Gasteiger partial charge in [-0.3, -0.25) is 0 Å². The maximum Gasteiger partial charge on any atom is 0.162 e. The third kappa shape index (κ3) is 1.01. The molecule has 0 aliphatic heterocycles. The first-order valence-electron chi connectivity index (χ1n) is 4.13. The molecule has 0 fully saturated rings. The van der Waals surface area contributed by atoms with Crippen molar-refractivity contribution >= 4 is 17.0 Å². The topological polar surface area (TPSA) is 80.5 Å². The van der Waals surface area contributed by atoms with Crippen LogP contribution in [0.5, 0.6) is 0 Å². The highest BCUT2D eigenvalue weighted by Gasteiger charge is 2.09. The minimum absolute atomic E-state index is 0.253. The number of nitrogens with zero attached hydrogens (tertiary/aromatic N) is 4. The number of hydrogen-bond donors (Lipinski definition) is 1. The standard InChI is InChI=1S/C9H9N5/c1-5-12-7-3-6(4-10)8(11)13-9(7)14(5)2/h3H,1-2H3,(H2,11,13). The normalized spacial score (nSPS) is 10.4. The monoisotopic (exact) mass is 187 g/mol. The summed E-state index contributed by atoms with van der Waals surface area (Å²) in [5, 5.41) is 8.75. The molecular weight excluding hydrogens is 178 g/mol. The van der Waals surface area contributed by atoms with E-state index in [1.54, 1.807) is 6.07 Å². The number of imidazole rings is 1. The number of aromatic nitrogens is 3. The first kappa shape index (κ1) is 8.51. The van der Waals surface area contributed by atoms with Gasteiger partial charge in [0, 0.05) is 7.05 Å². The molecule has 0 saturated heterocycles. The smallest absolute Gasteiger partial charge is 0.162 e. The van der Waals surface area contributed by atoms with Crippen molar-refractivity contribution in [3.05, 3.63) is 17.5 Å². The molecule has 0 aliphatic rings. The van der Waals surface area contributed by atoms with Crippen LogP contribution in [0.15, 0.2) is 6.07 Å².